The molecule has 0 saturated carbocycles. The van der Waals surface area contributed by atoms with Crippen LogP contribution in [0.2, 0.25) is 0 Å². The van der Waals surface area contributed by atoms with Gasteiger partial charge in [-0.1, -0.05) is 60.7 Å². The first-order chi connectivity index (χ1) is 17.0. The molecule has 2 heterocycles. The monoisotopic (exact) mass is 471 g/mol. The van der Waals surface area contributed by atoms with E-state index in [4.69, 9.17) is 5.73 Å². The van der Waals surface area contributed by atoms with E-state index in [0.717, 1.165) is 38.3 Å². The van der Waals surface area contributed by atoms with Crippen molar-refractivity contribution in [3.05, 3.63) is 95.8 Å². The normalized spacial score (nSPS) is 14.8. The van der Waals surface area contributed by atoms with Crippen molar-refractivity contribution in [1.82, 2.24) is 15.2 Å². The lowest BCUT2D eigenvalue weighted by molar-refractivity contribution is -0.137. The molecule has 180 valence electrons. The summed E-state index contributed by atoms with van der Waals surface area (Å²) in [5.41, 5.74) is 8.46. The van der Waals surface area contributed by atoms with Crippen LogP contribution in [0.5, 0.6) is 0 Å². The lowest BCUT2D eigenvalue weighted by atomic mass is 10.0. The molecule has 8 nitrogen and oxygen atoms in total. The number of Topliss-reactive ketones (excluding diaryl/α,β-unsaturated/α-hetero) is 1. The molecule has 0 aliphatic carbocycles. The minimum Gasteiger partial charge on any atom is -0.367 e. The Balaban J connectivity index is 1.45. The Morgan fingerprint density at radius 1 is 0.886 bits per heavy atom. The number of hydrogen-bond acceptors (Lipinski definition) is 6. The van der Waals surface area contributed by atoms with Crippen molar-refractivity contribution < 1.29 is 14.4 Å². The lowest BCUT2D eigenvalue weighted by Crippen LogP contribution is -2.48. The van der Waals surface area contributed by atoms with Crippen LogP contribution in [0, 0.1) is 0 Å². The number of carbonyl (C=O) groups excluding carboxylic acids is 3. The third-order valence-corrected chi connectivity index (χ3v) is 6.15. The molecule has 1 unspecified atom stereocenters. The number of pyridine rings is 1. The molecule has 8 heteroatoms. The molecule has 2 aromatic carbocycles. The van der Waals surface area contributed by atoms with E-state index in [1.165, 1.54) is 5.56 Å². The molecule has 1 fully saturated rings. The van der Waals surface area contributed by atoms with Crippen molar-refractivity contribution in [3.8, 4) is 0 Å². The highest BCUT2D eigenvalue weighted by atomic mass is 16.2. The molecular formula is C27H29N5O3. The summed E-state index contributed by atoms with van der Waals surface area (Å²) in [6.45, 7) is 4.06. The summed E-state index contributed by atoms with van der Waals surface area (Å²) in [4.78, 5) is 46.1. The van der Waals surface area contributed by atoms with E-state index in [2.05, 4.69) is 32.2 Å². The molecule has 35 heavy (non-hydrogen) atoms. The zero-order valence-corrected chi connectivity index (χ0v) is 19.5. The zero-order valence-electron chi connectivity index (χ0n) is 19.5. The highest BCUT2D eigenvalue weighted by molar-refractivity contribution is 6.38. The molecular weight excluding hydrogens is 442 g/mol. The van der Waals surface area contributed by atoms with Crippen molar-refractivity contribution in [1.29, 1.82) is 0 Å². The largest absolute Gasteiger partial charge is 0.367 e. The lowest BCUT2D eigenvalue weighted by Gasteiger charge is -2.36. The predicted octanol–water partition coefficient (Wildman–Crippen LogP) is 1.80. The number of amides is 2. The number of aromatic nitrogens is 1. The van der Waals surface area contributed by atoms with Gasteiger partial charge in [0.2, 0.25) is 5.78 Å². The zero-order chi connectivity index (χ0) is 24.6. The van der Waals surface area contributed by atoms with Crippen LogP contribution in [0.25, 0.3) is 0 Å². The first kappa shape index (κ1) is 24.1. The van der Waals surface area contributed by atoms with Crippen molar-refractivity contribution in [3.63, 3.8) is 0 Å². The summed E-state index contributed by atoms with van der Waals surface area (Å²) in [5, 5.41) is 2.73. The van der Waals surface area contributed by atoms with Gasteiger partial charge < -0.3 is 16.0 Å². The molecule has 0 radical (unpaired) electrons. The Bertz CT molecular complexity index is 1160. The van der Waals surface area contributed by atoms with Crippen molar-refractivity contribution in [2.75, 3.05) is 31.1 Å². The van der Waals surface area contributed by atoms with Gasteiger partial charge in [0, 0.05) is 45.3 Å². The second-order valence-electron chi connectivity index (χ2n) is 8.59. The predicted molar refractivity (Wildman–Crippen MR) is 134 cm³/mol. The number of ketones is 1. The molecule has 0 bridgehead atoms. The Morgan fingerprint density at radius 2 is 1.51 bits per heavy atom. The molecule has 1 atom stereocenters. The summed E-state index contributed by atoms with van der Waals surface area (Å²) >= 11 is 0. The smallest absolute Gasteiger partial charge is 0.287 e. The number of nitrogens with zero attached hydrogens (tertiary/aromatic N) is 3. The fourth-order valence-corrected chi connectivity index (χ4v) is 4.29. The molecule has 0 spiro atoms. The average Bonchev–Trinajstić information content (AvgIpc) is 2.89. The van der Waals surface area contributed by atoms with E-state index in [-0.39, 0.29) is 6.42 Å². The molecule has 2 amide bonds. The van der Waals surface area contributed by atoms with E-state index in [1.54, 1.807) is 18.5 Å². The van der Waals surface area contributed by atoms with Gasteiger partial charge in [-0.3, -0.25) is 24.3 Å². The van der Waals surface area contributed by atoms with E-state index in [0.29, 0.717) is 11.3 Å². The Labute approximate surface area is 204 Å². The van der Waals surface area contributed by atoms with E-state index < -0.39 is 23.6 Å². The molecule has 1 saturated heterocycles. The Hall–Kier alpha value is -4.04. The van der Waals surface area contributed by atoms with Gasteiger partial charge in [0.1, 0.15) is 6.04 Å². The SMILES string of the molecule is NC(=O)C(=O)C(Cc1ccccc1)NC(=O)c1ccncc1N1CCN(Cc2ccccc2)CC1. The van der Waals surface area contributed by atoms with Crippen LogP contribution in [0.1, 0.15) is 21.5 Å². The molecule has 4 rings (SSSR count). The molecule has 3 N–H and O–H groups in total. The molecule has 1 aliphatic heterocycles. The van der Waals surface area contributed by atoms with Crippen molar-refractivity contribution in [2.45, 2.75) is 19.0 Å². The summed E-state index contributed by atoms with van der Waals surface area (Å²) < 4.78 is 0. The van der Waals surface area contributed by atoms with Crippen LogP contribution in [-0.2, 0) is 22.6 Å². The number of anilines is 1. The third kappa shape index (κ3) is 6.30. The minimum absolute atomic E-state index is 0.174. The number of rotatable bonds is 9. The third-order valence-electron chi connectivity index (χ3n) is 6.15. The fraction of sp³-hybridized carbons (Fsp3) is 0.259. The van der Waals surface area contributed by atoms with Gasteiger partial charge in [0.05, 0.1) is 17.4 Å². The number of piperazine rings is 1. The second-order valence-corrected chi connectivity index (χ2v) is 8.59. The number of nitrogens with one attached hydrogen (secondary N) is 1. The standard InChI is InChI=1S/C27H29N5O3/c28-26(34)25(33)23(17-20-7-3-1-4-8-20)30-27(35)22-11-12-29-18-24(22)32-15-13-31(14-16-32)19-21-9-5-2-6-10-21/h1-12,18,23H,13-17,19H2,(H2,28,34)(H,30,35). The van der Waals surface area contributed by atoms with Crippen molar-refractivity contribution in [2.24, 2.45) is 5.73 Å². The highest BCUT2D eigenvalue weighted by Gasteiger charge is 2.28. The van der Waals surface area contributed by atoms with Gasteiger partial charge >= 0.3 is 0 Å². The van der Waals surface area contributed by atoms with E-state index >= 15 is 0 Å². The van der Waals surface area contributed by atoms with Crippen LogP contribution < -0.4 is 16.0 Å². The van der Waals surface area contributed by atoms with Crippen molar-refractivity contribution >= 4 is 23.3 Å². The number of hydrogen-bond donors (Lipinski definition) is 2. The average molecular weight is 472 g/mol. The summed E-state index contributed by atoms with van der Waals surface area (Å²) in [6.07, 6.45) is 3.39. The van der Waals surface area contributed by atoms with Gasteiger partial charge in [-0.15, -0.1) is 0 Å². The van der Waals surface area contributed by atoms with Crippen LogP contribution in [0.3, 0.4) is 0 Å². The maximum atomic E-state index is 13.3. The number of benzene rings is 2. The summed E-state index contributed by atoms with van der Waals surface area (Å²) in [7, 11) is 0. The van der Waals surface area contributed by atoms with Crippen LogP contribution >= 0.6 is 0 Å². The number of primary amides is 1. The van der Waals surface area contributed by atoms with Gasteiger partial charge in [-0.05, 0) is 17.2 Å². The van der Waals surface area contributed by atoms with Crippen LogP contribution in [0.15, 0.2) is 79.1 Å². The Kier molecular flexibility index (Phi) is 7.84. The van der Waals surface area contributed by atoms with E-state index in [9.17, 15) is 14.4 Å². The number of nitrogens with two attached hydrogens (primary N) is 1. The molecule has 1 aliphatic rings. The van der Waals surface area contributed by atoms with Gasteiger partial charge in [-0.2, -0.15) is 0 Å². The Morgan fingerprint density at radius 3 is 2.14 bits per heavy atom. The minimum atomic E-state index is -1.07. The maximum absolute atomic E-state index is 13.3. The topological polar surface area (TPSA) is 109 Å². The van der Waals surface area contributed by atoms with Crippen LogP contribution in [-0.4, -0.2) is 59.7 Å². The molecule has 3 aromatic rings. The molecule has 1 aromatic heterocycles. The van der Waals surface area contributed by atoms with E-state index in [1.807, 2.05) is 48.5 Å². The van der Waals surface area contributed by atoms with Gasteiger partial charge in [0.15, 0.2) is 0 Å². The van der Waals surface area contributed by atoms with Crippen LogP contribution in [0.4, 0.5) is 5.69 Å². The first-order valence-corrected chi connectivity index (χ1v) is 11.6. The highest BCUT2D eigenvalue weighted by Crippen LogP contribution is 2.22. The second kappa shape index (κ2) is 11.4. The fourth-order valence-electron chi connectivity index (χ4n) is 4.29. The quantitative estimate of drug-likeness (QED) is 0.461. The van der Waals surface area contributed by atoms with Gasteiger partial charge in [0.25, 0.3) is 11.8 Å². The maximum Gasteiger partial charge on any atom is 0.287 e. The summed E-state index contributed by atoms with van der Waals surface area (Å²) in [6, 6.07) is 20.1. The summed E-state index contributed by atoms with van der Waals surface area (Å²) in [5.74, 6) is -2.34. The van der Waals surface area contributed by atoms with Gasteiger partial charge in [-0.25, -0.2) is 0 Å². The number of carbonyl (C=O) groups is 3. The first-order valence-electron chi connectivity index (χ1n) is 11.6.